The van der Waals surface area contributed by atoms with Crippen molar-refractivity contribution in [1.29, 1.82) is 0 Å². The molecular formula is C15H16Cl2N2O. The van der Waals surface area contributed by atoms with Gasteiger partial charge in [0.2, 0.25) is 0 Å². The molecule has 2 aromatic rings. The van der Waals surface area contributed by atoms with E-state index in [-0.39, 0.29) is 0 Å². The van der Waals surface area contributed by atoms with Gasteiger partial charge in [-0.15, -0.1) is 0 Å². The Morgan fingerprint density at radius 1 is 1.15 bits per heavy atom. The highest BCUT2D eigenvalue weighted by Gasteiger charge is 2.11. The third-order valence-corrected chi connectivity index (χ3v) is 3.57. The third-order valence-electron chi connectivity index (χ3n) is 2.99. The van der Waals surface area contributed by atoms with Gasteiger partial charge in [0.05, 0.1) is 6.10 Å². The summed E-state index contributed by atoms with van der Waals surface area (Å²) >= 11 is 12.0. The summed E-state index contributed by atoms with van der Waals surface area (Å²) in [6.45, 7) is 1.21. The van der Waals surface area contributed by atoms with E-state index in [0.717, 1.165) is 13.0 Å². The van der Waals surface area contributed by atoms with E-state index in [4.69, 9.17) is 23.2 Å². The zero-order valence-corrected chi connectivity index (χ0v) is 12.4. The average Bonchev–Trinajstić information content (AvgIpc) is 2.47. The lowest BCUT2D eigenvalue weighted by atomic mass is 10.1. The fourth-order valence-corrected chi connectivity index (χ4v) is 2.32. The molecule has 0 aliphatic rings. The van der Waals surface area contributed by atoms with Gasteiger partial charge in [0.15, 0.2) is 0 Å². The molecule has 1 aromatic carbocycles. The lowest BCUT2D eigenvalue weighted by Crippen LogP contribution is -2.24. The molecule has 1 heterocycles. The maximum absolute atomic E-state index is 10.1. The lowest BCUT2D eigenvalue weighted by Gasteiger charge is -2.14. The first-order valence-electron chi connectivity index (χ1n) is 6.39. The Labute approximate surface area is 128 Å². The van der Waals surface area contributed by atoms with Crippen LogP contribution in [0.15, 0.2) is 42.7 Å². The number of nitrogens with zero attached hydrogens (tertiary/aromatic N) is 1. The van der Waals surface area contributed by atoms with Gasteiger partial charge < -0.3 is 10.4 Å². The van der Waals surface area contributed by atoms with Crippen LogP contribution in [-0.4, -0.2) is 23.2 Å². The molecule has 0 saturated carbocycles. The van der Waals surface area contributed by atoms with Crippen molar-refractivity contribution in [2.24, 2.45) is 0 Å². The molecule has 0 saturated heterocycles. The number of aliphatic hydroxyl groups is 1. The number of aliphatic hydroxyl groups excluding tert-OH is 1. The number of hydrogen-bond donors (Lipinski definition) is 2. The fourth-order valence-electron chi connectivity index (χ4n) is 1.90. The van der Waals surface area contributed by atoms with Gasteiger partial charge in [-0.3, -0.25) is 4.98 Å². The summed E-state index contributed by atoms with van der Waals surface area (Å²) in [4.78, 5) is 3.97. The molecule has 0 spiro atoms. The number of benzene rings is 1. The fraction of sp³-hybridized carbons (Fsp3) is 0.267. The quantitative estimate of drug-likeness (QED) is 0.805. The topological polar surface area (TPSA) is 45.1 Å². The minimum Gasteiger partial charge on any atom is -0.387 e. The molecule has 1 atom stereocenters. The lowest BCUT2D eigenvalue weighted by molar-refractivity contribution is 0.175. The standard InChI is InChI=1S/C15H16Cl2N2O/c16-12-1-2-14(17)13(9-12)15(20)10-19-8-5-11-3-6-18-7-4-11/h1-4,6-7,9,15,19-20H,5,8,10H2. The molecule has 106 valence electrons. The van der Waals surface area contributed by atoms with E-state index in [1.807, 2.05) is 12.1 Å². The van der Waals surface area contributed by atoms with Gasteiger partial charge in [0.25, 0.3) is 0 Å². The number of hydrogen-bond acceptors (Lipinski definition) is 3. The maximum Gasteiger partial charge on any atom is 0.0929 e. The Kier molecular flexibility index (Phi) is 5.80. The third kappa shape index (κ3) is 4.46. The Morgan fingerprint density at radius 2 is 1.90 bits per heavy atom. The number of rotatable bonds is 6. The second kappa shape index (κ2) is 7.60. The largest absolute Gasteiger partial charge is 0.387 e. The second-order valence-electron chi connectivity index (χ2n) is 4.49. The Hall–Kier alpha value is -1.13. The van der Waals surface area contributed by atoms with Crippen molar-refractivity contribution in [3.05, 3.63) is 63.9 Å². The van der Waals surface area contributed by atoms with Crippen molar-refractivity contribution in [2.75, 3.05) is 13.1 Å². The molecule has 0 amide bonds. The summed E-state index contributed by atoms with van der Waals surface area (Å²) in [5.41, 5.74) is 1.86. The minimum atomic E-state index is -0.668. The number of halogens is 2. The van der Waals surface area contributed by atoms with Crippen molar-refractivity contribution < 1.29 is 5.11 Å². The smallest absolute Gasteiger partial charge is 0.0929 e. The number of aromatic nitrogens is 1. The minimum absolute atomic E-state index is 0.436. The first-order chi connectivity index (χ1) is 9.66. The molecule has 0 fully saturated rings. The monoisotopic (exact) mass is 310 g/mol. The number of nitrogens with one attached hydrogen (secondary N) is 1. The molecule has 1 aromatic heterocycles. The van der Waals surface area contributed by atoms with Crippen LogP contribution in [0.4, 0.5) is 0 Å². The van der Waals surface area contributed by atoms with Crippen LogP contribution < -0.4 is 5.32 Å². The summed E-state index contributed by atoms with van der Waals surface area (Å²) in [7, 11) is 0. The van der Waals surface area contributed by atoms with E-state index in [1.54, 1.807) is 30.6 Å². The van der Waals surface area contributed by atoms with Crippen molar-refractivity contribution in [3.8, 4) is 0 Å². The van der Waals surface area contributed by atoms with Gasteiger partial charge in [-0.1, -0.05) is 23.2 Å². The van der Waals surface area contributed by atoms with Crippen molar-refractivity contribution in [3.63, 3.8) is 0 Å². The Bertz CT molecular complexity index is 549. The molecule has 5 heteroatoms. The van der Waals surface area contributed by atoms with E-state index in [2.05, 4.69) is 10.3 Å². The molecule has 0 radical (unpaired) electrons. The first-order valence-corrected chi connectivity index (χ1v) is 7.15. The molecule has 2 N–H and O–H groups in total. The van der Waals surface area contributed by atoms with Gasteiger partial charge in [-0.05, 0) is 48.9 Å². The molecule has 2 rings (SSSR count). The van der Waals surface area contributed by atoms with Gasteiger partial charge in [-0.25, -0.2) is 0 Å². The molecule has 0 bridgehead atoms. The van der Waals surface area contributed by atoms with Gasteiger partial charge in [0, 0.05) is 34.5 Å². The van der Waals surface area contributed by atoms with E-state index >= 15 is 0 Å². The summed E-state index contributed by atoms with van der Waals surface area (Å²) in [5.74, 6) is 0. The van der Waals surface area contributed by atoms with Crippen molar-refractivity contribution >= 4 is 23.2 Å². The van der Waals surface area contributed by atoms with Crippen LogP contribution >= 0.6 is 23.2 Å². The highest BCUT2D eigenvalue weighted by Crippen LogP contribution is 2.25. The normalized spacial score (nSPS) is 12.3. The Morgan fingerprint density at radius 3 is 2.65 bits per heavy atom. The van der Waals surface area contributed by atoms with Crippen LogP contribution in [0.25, 0.3) is 0 Å². The van der Waals surface area contributed by atoms with Crippen LogP contribution in [0.2, 0.25) is 10.0 Å². The molecule has 1 unspecified atom stereocenters. The van der Waals surface area contributed by atoms with Crippen LogP contribution in [0.1, 0.15) is 17.2 Å². The summed E-state index contributed by atoms with van der Waals surface area (Å²) in [6, 6.07) is 9.05. The van der Waals surface area contributed by atoms with Gasteiger partial charge >= 0.3 is 0 Å². The van der Waals surface area contributed by atoms with Crippen molar-refractivity contribution in [2.45, 2.75) is 12.5 Å². The number of pyridine rings is 1. The van der Waals surface area contributed by atoms with E-state index in [9.17, 15) is 5.11 Å². The van der Waals surface area contributed by atoms with E-state index in [0.29, 0.717) is 22.2 Å². The summed E-state index contributed by atoms with van der Waals surface area (Å²) in [5, 5.41) is 14.4. The zero-order chi connectivity index (χ0) is 14.4. The second-order valence-corrected chi connectivity index (χ2v) is 5.33. The SMILES string of the molecule is OC(CNCCc1ccncc1)c1cc(Cl)ccc1Cl. The molecule has 3 nitrogen and oxygen atoms in total. The summed E-state index contributed by atoms with van der Waals surface area (Å²) in [6.07, 6.45) is 3.77. The predicted octanol–water partition coefficient (Wildman–Crippen LogP) is 3.25. The van der Waals surface area contributed by atoms with Crippen LogP contribution in [0.5, 0.6) is 0 Å². The van der Waals surface area contributed by atoms with Crippen LogP contribution in [0, 0.1) is 0 Å². The predicted molar refractivity (Wildman–Crippen MR) is 82.2 cm³/mol. The molecule has 0 aliphatic carbocycles. The van der Waals surface area contributed by atoms with E-state index in [1.165, 1.54) is 5.56 Å². The Balaban J connectivity index is 1.80. The van der Waals surface area contributed by atoms with Crippen LogP contribution in [0.3, 0.4) is 0 Å². The van der Waals surface area contributed by atoms with E-state index < -0.39 is 6.10 Å². The molecule has 0 aliphatic heterocycles. The first kappa shape index (κ1) is 15.3. The highest BCUT2D eigenvalue weighted by molar-refractivity contribution is 6.33. The molecule has 20 heavy (non-hydrogen) atoms. The average molecular weight is 311 g/mol. The highest BCUT2D eigenvalue weighted by atomic mass is 35.5. The zero-order valence-electron chi connectivity index (χ0n) is 10.9. The van der Waals surface area contributed by atoms with Gasteiger partial charge in [-0.2, -0.15) is 0 Å². The maximum atomic E-state index is 10.1. The summed E-state index contributed by atoms with van der Waals surface area (Å²) < 4.78 is 0. The van der Waals surface area contributed by atoms with Crippen LogP contribution in [-0.2, 0) is 6.42 Å². The van der Waals surface area contributed by atoms with Crippen molar-refractivity contribution in [1.82, 2.24) is 10.3 Å². The molecular weight excluding hydrogens is 295 g/mol. The van der Waals surface area contributed by atoms with Gasteiger partial charge in [0.1, 0.15) is 0 Å².